The number of fused-ring (bicyclic) bond motifs is 1. The molecule has 0 fully saturated rings. The number of carbonyl (C=O) groups excluding carboxylic acids is 1. The van der Waals surface area contributed by atoms with Gasteiger partial charge in [-0.05, 0) is 30.3 Å². The smallest absolute Gasteiger partial charge is 0.261 e. The van der Waals surface area contributed by atoms with E-state index in [4.69, 9.17) is 34.8 Å². The van der Waals surface area contributed by atoms with Crippen LogP contribution in [0.4, 0.5) is 5.69 Å². The van der Waals surface area contributed by atoms with Gasteiger partial charge in [0.15, 0.2) is 0 Å². The summed E-state index contributed by atoms with van der Waals surface area (Å²) in [7, 11) is 0. The molecule has 5 nitrogen and oxygen atoms in total. The molecule has 0 atom stereocenters. The number of benzene rings is 2. The van der Waals surface area contributed by atoms with E-state index in [0.29, 0.717) is 21.2 Å². The Morgan fingerprint density at radius 1 is 1.16 bits per heavy atom. The van der Waals surface area contributed by atoms with Crippen molar-refractivity contribution in [3.8, 4) is 0 Å². The van der Waals surface area contributed by atoms with Crippen molar-refractivity contribution in [2.24, 2.45) is 0 Å². The normalized spacial score (nSPS) is 10.9. The SMILES string of the molecule is O=C(Cn1cnc2c(Cl)cc(Cl)cc2c1=O)Nc1ccc(Br)cc1Cl. The first kappa shape index (κ1) is 18.2. The highest BCUT2D eigenvalue weighted by Crippen LogP contribution is 2.26. The molecule has 25 heavy (non-hydrogen) atoms. The van der Waals surface area contributed by atoms with E-state index in [9.17, 15) is 9.59 Å². The molecule has 128 valence electrons. The number of nitrogens with zero attached hydrogens (tertiary/aromatic N) is 2. The van der Waals surface area contributed by atoms with E-state index in [1.54, 1.807) is 18.2 Å². The van der Waals surface area contributed by atoms with Crippen LogP contribution in [0.1, 0.15) is 0 Å². The highest BCUT2D eigenvalue weighted by atomic mass is 79.9. The number of aromatic nitrogens is 2. The molecule has 0 aliphatic heterocycles. The molecule has 1 heterocycles. The number of hydrogen-bond acceptors (Lipinski definition) is 3. The van der Waals surface area contributed by atoms with Gasteiger partial charge in [-0.3, -0.25) is 14.2 Å². The van der Waals surface area contributed by atoms with Crippen LogP contribution in [0.15, 0.2) is 45.9 Å². The van der Waals surface area contributed by atoms with E-state index in [1.165, 1.54) is 23.0 Å². The molecule has 2 aromatic carbocycles. The van der Waals surface area contributed by atoms with Gasteiger partial charge in [0.2, 0.25) is 5.91 Å². The molecule has 0 radical (unpaired) electrons. The summed E-state index contributed by atoms with van der Waals surface area (Å²) in [5, 5.41) is 3.87. The topological polar surface area (TPSA) is 64.0 Å². The molecule has 0 spiro atoms. The standard InChI is InChI=1S/C16H9BrCl3N3O2/c17-8-1-2-13(11(19)3-8)22-14(24)6-23-7-21-15-10(16(23)25)4-9(18)5-12(15)20/h1-5,7H,6H2,(H,22,24). The molecule has 0 bridgehead atoms. The van der Waals surface area contributed by atoms with Gasteiger partial charge < -0.3 is 5.32 Å². The molecular formula is C16H9BrCl3N3O2. The van der Waals surface area contributed by atoms with Crippen molar-refractivity contribution in [1.82, 2.24) is 9.55 Å². The fourth-order valence-corrected chi connectivity index (χ4v) is 3.51. The monoisotopic (exact) mass is 459 g/mol. The average molecular weight is 462 g/mol. The van der Waals surface area contributed by atoms with E-state index in [0.717, 1.165) is 4.47 Å². The maximum atomic E-state index is 12.5. The molecule has 1 N–H and O–H groups in total. The van der Waals surface area contributed by atoms with Crippen molar-refractivity contribution in [1.29, 1.82) is 0 Å². The molecule has 9 heteroatoms. The summed E-state index contributed by atoms with van der Waals surface area (Å²) >= 11 is 21.3. The van der Waals surface area contributed by atoms with Crippen molar-refractivity contribution in [2.45, 2.75) is 6.54 Å². The van der Waals surface area contributed by atoms with Gasteiger partial charge in [0, 0.05) is 9.50 Å². The van der Waals surface area contributed by atoms with Crippen molar-refractivity contribution in [3.63, 3.8) is 0 Å². The molecule has 0 aliphatic rings. The summed E-state index contributed by atoms with van der Waals surface area (Å²) in [6, 6.07) is 8.04. The first-order valence-corrected chi connectivity index (χ1v) is 8.87. The zero-order valence-electron chi connectivity index (χ0n) is 12.4. The Balaban J connectivity index is 1.89. The molecule has 1 aromatic heterocycles. The third-order valence-electron chi connectivity index (χ3n) is 3.36. The first-order valence-electron chi connectivity index (χ1n) is 6.94. The van der Waals surface area contributed by atoms with E-state index in [1.807, 2.05) is 0 Å². The van der Waals surface area contributed by atoms with Crippen molar-refractivity contribution < 1.29 is 4.79 Å². The van der Waals surface area contributed by atoms with Crippen LogP contribution >= 0.6 is 50.7 Å². The molecule has 1 amide bonds. The zero-order chi connectivity index (χ0) is 18.1. The minimum absolute atomic E-state index is 0.224. The lowest BCUT2D eigenvalue weighted by atomic mass is 10.2. The number of carbonyl (C=O) groups is 1. The van der Waals surface area contributed by atoms with E-state index in [2.05, 4.69) is 26.2 Å². The molecule has 0 saturated carbocycles. The average Bonchev–Trinajstić information content (AvgIpc) is 2.53. The van der Waals surface area contributed by atoms with E-state index < -0.39 is 11.5 Å². The molecule has 3 aromatic rings. The lowest BCUT2D eigenvalue weighted by molar-refractivity contribution is -0.116. The number of anilines is 1. The summed E-state index contributed by atoms with van der Waals surface area (Å²) in [4.78, 5) is 28.9. The predicted octanol–water partition coefficient (Wildman–Crippen LogP) is 4.76. The van der Waals surface area contributed by atoms with Gasteiger partial charge in [-0.25, -0.2) is 4.98 Å². The van der Waals surface area contributed by atoms with Crippen LogP contribution in [-0.4, -0.2) is 15.5 Å². The van der Waals surface area contributed by atoms with Gasteiger partial charge in [0.25, 0.3) is 5.56 Å². The number of hydrogen-bond donors (Lipinski definition) is 1. The predicted molar refractivity (Wildman–Crippen MR) is 104 cm³/mol. The number of nitrogens with one attached hydrogen (secondary N) is 1. The highest BCUT2D eigenvalue weighted by molar-refractivity contribution is 9.10. The maximum absolute atomic E-state index is 12.5. The van der Waals surface area contributed by atoms with Crippen LogP contribution in [0.2, 0.25) is 15.1 Å². The lowest BCUT2D eigenvalue weighted by Gasteiger charge is -2.10. The van der Waals surface area contributed by atoms with Gasteiger partial charge in [0.1, 0.15) is 6.54 Å². The van der Waals surface area contributed by atoms with Gasteiger partial charge >= 0.3 is 0 Å². The Morgan fingerprint density at radius 3 is 2.64 bits per heavy atom. The molecule has 3 rings (SSSR count). The summed E-state index contributed by atoms with van der Waals surface area (Å²) in [6.07, 6.45) is 1.27. The number of rotatable bonds is 3. The summed E-state index contributed by atoms with van der Waals surface area (Å²) in [6.45, 7) is -0.224. The molecule has 0 saturated heterocycles. The first-order chi connectivity index (χ1) is 11.8. The fraction of sp³-hybridized carbons (Fsp3) is 0.0625. The van der Waals surface area contributed by atoms with Gasteiger partial charge in [-0.2, -0.15) is 0 Å². The Bertz CT molecular complexity index is 1050. The van der Waals surface area contributed by atoms with Crippen molar-refractivity contribution >= 4 is 73.2 Å². The lowest BCUT2D eigenvalue weighted by Crippen LogP contribution is -2.28. The van der Waals surface area contributed by atoms with E-state index in [-0.39, 0.29) is 17.0 Å². The number of halogens is 4. The Labute approximate surface area is 165 Å². The van der Waals surface area contributed by atoms with Crippen molar-refractivity contribution in [3.05, 3.63) is 66.6 Å². The Hall–Kier alpha value is -1.60. The largest absolute Gasteiger partial charge is 0.323 e. The van der Waals surface area contributed by atoms with Crippen LogP contribution in [0.5, 0.6) is 0 Å². The Kier molecular flexibility index (Phi) is 5.34. The second-order valence-corrected chi connectivity index (χ2v) is 7.30. The van der Waals surface area contributed by atoms with Gasteiger partial charge in [0.05, 0.1) is 33.0 Å². The summed E-state index contributed by atoms with van der Waals surface area (Å²) in [5.74, 6) is -0.416. The highest BCUT2D eigenvalue weighted by Gasteiger charge is 2.12. The van der Waals surface area contributed by atoms with Crippen molar-refractivity contribution in [2.75, 3.05) is 5.32 Å². The quantitative estimate of drug-likeness (QED) is 0.612. The molecule has 0 aliphatic carbocycles. The van der Waals surface area contributed by atoms with E-state index >= 15 is 0 Å². The Morgan fingerprint density at radius 2 is 1.92 bits per heavy atom. The van der Waals surface area contributed by atoms with Gasteiger partial charge in [-0.1, -0.05) is 50.7 Å². The third-order valence-corrected chi connectivity index (χ3v) is 4.68. The third kappa shape index (κ3) is 3.98. The molecule has 0 unspecified atom stereocenters. The minimum atomic E-state index is -0.416. The maximum Gasteiger partial charge on any atom is 0.261 e. The zero-order valence-corrected chi connectivity index (χ0v) is 16.2. The minimum Gasteiger partial charge on any atom is -0.323 e. The second-order valence-electron chi connectivity index (χ2n) is 5.13. The van der Waals surface area contributed by atoms with Crippen LogP contribution < -0.4 is 10.9 Å². The summed E-state index contributed by atoms with van der Waals surface area (Å²) < 4.78 is 1.97. The van der Waals surface area contributed by atoms with Gasteiger partial charge in [-0.15, -0.1) is 0 Å². The van der Waals surface area contributed by atoms with Crippen LogP contribution in [0, 0.1) is 0 Å². The number of amides is 1. The second kappa shape index (κ2) is 7.33. The van der Waals surface area contributed by atoms with Crippen LogP contribution in [0.3, 0.4) is 0 Å². The van der Waals surface area contributed by atoms with Crippen LogP contribution in [-0.2, 0) is 11.3 Å². The van der Waals surface area contributed by atoms with Crippen LogP contribution in [0.25, 0.3) is 10.9 Å². The molecular weight excluding hydrogens is 452 g/mol. The fourth-order valence-electron chi connectivity index (χ4n) is 2.24. The summed E-state index contributed by atoms with van der Waals surface area (Å²) in [5.41, 5.74) is 0.373.